The van der Waals surface area contributed by atoms with Crippen molar-refractivity contribution in [3.8, 4) is 5.69 Å². The molecule has 186 valence electrons. The van der Waals surface area contributed by atoms with Crippen molar-refractivity contribution in [2.75, 3.05) is 36.4 Å². The second-order valence-corrected chi connectivity index (χ2v) is 9.34. The Labute approximate surface area is 214 Å². The molecule has 1 amide bonds. The van der Waals surface area contributed by atoms with Gasteiger partial charge in [0.1, 0.15) is 5.52 Å². The number of para-hydroxylation sites is 2. The number of aromatic nitrogens is 5. The van der Waals surface area contributed by atoms with Gasteiger partial charge in [0.25, 0.3) is 0 Å². The molecule has 0 aliphatic carbocycles. The highest BCUT2D eigenvalue weighted by Crippen LogP contribution is 2.28. The topological polar surface area (TPSA) is 92.1 Å². The first kappa shape index (κ1) is 22.9. The molecule has 1 atom stereocenters. The maximum absolute atomic E-state index is 11.8. The van der Waals surface area contributed by atoms with Gasteiger partial charge in [-0.15, -0.1) is 0 Å². The Morgan fingerprint density at radius 3 is 2.49 bits per heavy atom. The Morgan fingerprint density at radius 2 is 1.70 bits per heavy atom. The number of piperazine rings is 1. The first-order valence-corrected chi connectivity index (χ1v) is 12.5. The van der Waals surface area contributed by atoms with E-state index in [1.54, 1.807) is 6.92 Å². The summed E-state index contributed by atoms with van der Waals surface area (Å²) in [4.78, 5) is 30.2. The Bertz CT molecular complexity index is 1570. The Kier molecular flexibility index (Phi) is 5.88. The van der Waals surface area contributed by atoms with Gasteiger partial charge >= 0.3 is 0 Å². The van der Waals surface area contributed by atoms with Crippen LogP contribution in [0.2, 0.25) is 0 Å². The highest BCUT2D eigenvalue weighted by Gasteiger charge is 2.23. The van der Waals surface area contributed by atoms with Crippen molar-refractivity contribution in [1.82, 2.24) is 29.6 Å². The second-order valence-electron chi connectivity index (χ2n) is 9.34. The van der Waals surface area contributed by atoms with Crippen LogP contribution >= 0.6 is 0 Å². The fourth-order valence-corrected chi connectivity index (χ4v) is 4.69. The second kappa shape index (κ2) is 9.50. The number of nitrogens with one attached hydrogen (secondary N) is 1. The fraction of sp³-hybridized carbons (Fsp3) is 0.250. The number of rotatable bonds is 5. The van der Waals surface area contributed by atoms with E-state index in [4.69, 9.17) is 15.1 Å². The van der Waals surface area contributed by atoms with Gasteiger partial charge in [0.2, 0.25) is 11.9 Å². The van der Waals surface area contributed by atoms with E-state index in [1.165, 1.54) is 0 Å². The lowest BCUT2D eigenvalue weighted by molar-refractivity contribution is -0.129. The molecular formula is C28H28N8O. The van der Waals surface area contributed by atoms with Crippen molar-refractivity contribution in [2.24, 2.45) is 0 Å². The van der Waals surface area contributed by atoms with Crippen LogP contribution in [0.4, 0.5) is 11.8 Å². The number of carbonyl (C=O) groups excluding carboxylic acids is 1. The van der Waals surface area contributed by atoms with Gasteiger partial charge in [-0.1, -0.05) is 36.4 Å². The van der Waals surface area contributed by atoms with Gasteiger partial charge in [0.15, 0.2) is 11.3 Å². The van der Waals surface area contributed by atoms with Gasteiger partial charge in [-0.05, 0) is 36.8 Å². The lowest BCUT2D eigenvalue weighted by Gasteiger charge is -2.34. The molecule has 0 spiro atoms. The van der Waals surface area contributed by atoms with Gasteiger partial charge in [-0.25, -0.2) is 9.67 Å². The summed E-state index contributed by atoms with van der Waals surface area (Å²) in [5.74, 6) is 1.40. The van der Waals surface area contributed by atoms with E-state index in [0.717, 1.165) is 27.7 Å². The molecule has 6 rings (SSSR count). The number of carbonyl (C=O) groups is 1. The third kappa shape index (κ3) is 4.55. The van der Waals surface area contributed by atoms with E-state index < -0.39 is 0 Å². The van der Waals surface area contributed by atoms with Gasteiger partial charge in [0.05, 0.1) is 23.4 Å². The van der Waals surface area contributed by atoms with Crippen LogP contribution in [0.25, 0.3) is 27.6 Å². The Hall–Kier alpha value is -4.53. The molecule has 1 saturated heterocycles. The predicted octanol–water partition coefficient (Wildman–Crippen LogP) is 4.21. The quantitative estimate of drug-likeness (QED) is 0.393. The maximum Gasteiger partial charge on any atom is 0.228 e. The molecule has 1 aliphatic heterocycles. The van der Waals surface area contributed by atoms with Gasteiger partial charge in [0, 0.05) is 44.7 Å². The van der Waals surface area contributed by atoms with Gasteiger partial charge < -0.3 is 15.1 Å². The molecule has 9 nitrogen and oxygen atoms in total. The average molecular weight is 493 g/mol. The predicted molar refractivity (Wildman–Crippen MR) is 145 cm³/mol. The largest absolute Gasteiger partial charge is 0.361 e. The summed E-state index contributed by atoms with van der Waals surface area (Å²) in [6.07, 6.45) is 3.85. The number of hydrogen-bond donors (Lipinski definition) is 1. The minimum absolute atomic E-state index is 0.0560. The number of pyridine rings is 1. The van der Waals surface area contributed by atoms with Crippen LogP contribution in [-0.4, -0.2) is 61.7 Å². The standard InChI is InChI=1S/C28H28N8O/c1-19(22-16-21-8-6-7-11-24(21)29-17-22)30-27-26-25(18-36(33-26)23-9-4-3-5-10-23)31-28(32-27)35-14-12-34(13-15-35)20(2)37/h3-11,16-19H,12-15H2,1-2H3,(H,30,31,32)/t19-/m1/s1. The SMILES string of the molecule is CC(=O)N1CCN(c2nc(N[C@H](C)c3cnc4ccccc4c3)c3nn(-c4ccccc4)cc3n2)CC1. The van der Waals surface area contributed by atoms with Crippen LogP contribution in [-0.2, 0) is 4.79 Å². The summed E-state index contributed by atoms with van der Waals surface area (Å²) in [5, 5.41) is 9.52. The van der Waals surface area contributed by atoms with Crippen molar-refractivity contribution in [2.45, 2.75) is 19.9 Å². The molecular weight excluding hydrogens is 464 g/mol. The molecule has 0 unspecified atom stereocenters. The number of nitrogens with zero attached hydrogens (tertiary/aromatic N) is 7. The molecule has 0 radical (unpaired) electrons. The van der Waals surface area contributed by atoms with Crippen molar-refractivity contribution in [3.63, 3.8) is 0 Å². The molecule has 4 heterocycles. The van der Waals surface area contributed by atoms with Crippen molar-refractivity contribution >= 4 is 39.6 Å². The first-order chi connectivity index (χ1) is 18.0. The van der Waals surface area contributed by atoms with E-state index in [0.29, 0.717) is 43.5 Å². The summed E-state index contributed by atoms with van der Waals surface area (Å²) < 4.78 is 1.84. The summed E-state index contributed by atoms with van der Waals surface area (Å²) in [7, 11) is 0. The highest BCUT2D eigenvalue weighted by molar-refractivity contribution is 5.87. The lowest BCUT2D eigenvalue weighted by atomic mass is 10.1. The Morgan fingerprint density at radius 1 is 0.946 bits per heavy atom. The number of anilines is 2. The van der Waals surface area contributed by atoms with E-state index in [1.807, 2.05) is 70.5 Å². The van der Waals surface area contributed by atoms with E-state index >= 15 is 0 Å². The minimum atomic E-state index is -0.0560. The third-order valence-corrected chi connectivity index (χ3v) is 6.84. The maximum atomic E-state index is 11.8. The van der Waals surface area contributed by atoms with Crippen LogP contribution in [0.1, 0.15) is 25.5 Å². The zero-order valence-corrected chi connectivity index (χ0v) is 20.9. The number of hydrogen-bond acceptors (Lipinski definition) is 7. The van der Waals surface area contributed by atoms with Crippen LogP contribution in [0.5, 0.6) is 0 Å². The van der Waals surface area contributed by atoms with Crippen LogP contribution in [0.15, 0.2) is 73.1 Å². The minimum Gasteiger partial charge on any atom is -0.361 e. The molecule has 0 saturated carbocycles. The average Bonchev–Trinajstić information content (AvgIpc) is 3.38. The zero-order chi connectivity index (χ0) is 25.4. The Balaban J connectivity index is 1.37. The van der Waals surface area contributed by atoms with Crippen molar-refractivity contribution < 1.29 is 4.79 Å². The molecule has 37 heavy (non-hydrogen) atoms. The molecule has 1 fully saturated rings. The number of fused-ring (bicyclic) bond motifs is 2. The molecule has 1 N–H and O–H groups in total. The van der Waals surface area contributed by atoms with Gasteiger partial charge in [-0.2, -0.15) is 10.1 Å². The zero-order valence-electron chi connectivity index (χ0n) is 20.9. The summed E-state index contributed by atoms with van der Waals surface area (Å²) in [5.41, 5.74) is 4.45. The van der Waals surface area contributed by atoms with Crippen molar-refractivity contribution in [3.05, 3.63) is 78.6 Å². The summed E-state index contributed by atoms with van der Waals surface area (Å²) >= 11 is 0. The van der Waals surface area contributed by atoms with Gasteiger partial charge in [-0.3, -0.25) is 9.78 Å². The lowest BCUT2D eigenvalue weighted by Crippen LogP contribution is -2.48. The smallest absolute Gasteiger partial charge is 0.228 e. The molecule has 2 aromatic carbocycles. The molecule has 0 bridgehead atoms. The summed E-state index contributed by atoms with van der Waals surface area (Å²) in [6.45, 7) is 6.38. The van der Waals surface area contributed by atoms with E-state index in [2.05, 4.69) is 34.3 Å². The summed E-state index contributed by atoms with van der Waals surface area (Å²) in [6, 6.07) is 20.2. The van der Waals surface area contributed by atoms with Crippen LogP contribution < -0.4 is 10.2 Å². The van der Waals surface area contributed by atoms with E-state index in [-0.39, 0.29) is 11.9 Å². The molecule has 3 aromatic heterocycles. The van der Waals surface area contributed by atoms with Crippen molar-refractivity contribution in [1.29, 1.82) is 0 Å². The monoisotopic (exact) mass is 492 g/mol. The third-order valence-electron chi connectivity index (χ3n) is 6.84. The molecule has 9 heteroatoms. The molecule has 5 aromatic rings. The first-order valence-electron chi connectivity index (χ1n) is 12.5. The highest BCUT2D eigenvalue weighted by atomic mass is 16.2. The number of amides is 1. The normalized spacial score (nSPS) is 14.8. The fourth-order valence-electron chi connectivity index (χ4n) is 4.69. The molecule has 1 aliphatic rings. The van der Waals surface area contributed by atoms with Crippen LogP contribution in [0, 0.1) is 0 Å². The van der Waals surface area contributed by atoms with Crippen LogP contribution in [0.3, 0.4) is 0 Å². The van der Waals surface area contributed by atoms with E-state index in [9.17, 15) is 4.79 Å². The number of benzene rings is 2.